The molecule has 1 unspecified atom stereocenters. The lowest BCUT2D eigenvalue weighted by Crippen LogP contribution is -2.19. The molecule has 80 valence electrons. The third kappa shape index (κ3) is 12.0. The zero-order valence-electron chi connectivity index (χ0n) is 8.28. The summed E-state index contributed by atoms with van der Waals surface area (Å²) < 4.78 is 22.8. The average Bonchev–Trinajstić information content (AvgIpc) is 2.01. The van der Waals surface area contributed by atoms with Gasteiger partial charge >= 0.3 is 11.4 Å². The van der Waals surface area contributed by atoms with Gasteiger partial charge in [-0.1, -0.05) is 13.8 Å². The standard InChI is InChI=1S/C8H19NO3S/c1-8(2)4-6-9-5-3-7-12-13(10)11/h8-9H,3-7H2,1-2H3,(H,10,11). The SMILES string of the molecule is CC(C)CCNCCCOS(=O)O. The van der Waals surface area contributed by atoms with Crippen molar-refractivity contribution in [3.05, 3.63) is 0 Å². The molecule has 0 saturated heterocycles. The van der Waals surface area contributed by atoms with Crippen LogP contribution in [0.3, 0.4) is 0 Å². The first-order valence-electron chi connectivity index (χ1n) is 4.57. The minimum atomic E-state index is -2.11. The third-order valence-corrected chi connectivity index (χ3v) is 1.95. The van der Waals surface area contributed by atoms with Crippen molar-refractivity contribution in [2.75, 3.05) is 19.7 Å². The molecule has 0 radical (unpaired) electrons. The van der Waals surface area contributed by atoms with Crippen molar-refractivity contribution in [3.8, 4) is 0 Å². The van der Waals surface area contributed by atoms with Gasteiger partial charge in [0, 0.05) is 0 Å². The lowest BCUT2D eigenvalue weighted by Gasteiger charge is -2.05. The molecule has 1 atom stereocenters. The van der Waals surface area contributed by atoms with E-state index in [-0.39, 0.29) is 0 Å². The van der Waals surface area contributed by atoms with Gasteiger partial charge in [-0.3, -0.25) is 8.74 Å². The Bertz CT molecular complexity index is 141. The first-order chi connectivity index (χ1) is 6.13. The third-order valence-electron chi connectivity index (χ3n) is 1.58. The Labute approximate surface area is 82.5 Å². The van der Waals surface area contributed by atoms with Gasteiger partial charge in [0.25, 0.3) is 0 Å². The predicted molar refractivity (Wildman–Crippen MR) is 53.7 cm³/mol. The summed E-state index contributed by atoms with van der Waals surface area (Å²) in [5.74, 6) is 0.716. The zero-order chi connectivity index (χ0) is 10.1. The second-order valence-electron chi connectivity index (χ2n) is 3.33. The molecule has 5 heteroatoms. The molecule has 0 heterocycles. The van der Waals surface area contributed by atoms with E-state index in [9.17, 15) is 4.21 Å². The van der Waals surface area contributed by atoms with Gasteiger partial charge in [0.05, 0.1) is 6.61 Å². The summed E-state index contributed by atoms with van der Waals surface area (Å²) >= 11 is -2.11. The molecule has 13 heavy (non-hydrogen) atoms. The first kappa shape index (κ1) is 13.0. The molecule has 0 aliphatic heterocycles. The number of hydrogen-bond donors (Lipinski definition) is 2. The largest absolute Gasteiger partial charge is 0.317 e. The van der Waals surface area contributed by atoms with Gasteiger partial charge in [-0.15, -0.1) is 0 Å². The van der Waals surface area contributed by atoms with Gasteiger partial charge < -0.3 is 5.32 Å². The maximum absolute atomic E-state index is 10.0. The Morgan fingerprint density at radius 3 is 2.69 bits per heavy atom. The lowest BCUT2D eigenvalue weighted by molar-refractivity contribution is 0.299. The molecule has 0 aromatic rings. The van der Waals surface area contributed by atoms with Crippen LogP contribution < -0.4 is 5.32 Å². The number of rotatable bonds is 8. The number of hydrogen-bond acceptors (Lipinski definition) is 3. The second kappa shape index (κ2) is 8.62. The molecule has 4 nitrogen and oxygen atoms in total. The normalized spacial score (nSPS) is 13.5. The van der Waals surface area contributed by atoms with Gasteiger partial charge in [-0.2, -0.15) is 4.21 Å². The molecule has 0 bridgehead atoms. The fraction of sp³-hybridized carbons (Fsp3) is 1.00. The van der Waals surface area contributed by atoms with E-state index >= 15 is 0 Å². The minimum absolute atomic E-state index is 0.331. The molecule has 0 amide bonds. The maximum atomic E-state index is 10.0. The topological polar surface area (TPSA) is 58.6 Å². The van der Waals surface area contributed by atoms with Crippen LogP contribution in [0.1, 0.15) is 26.7 Å². The second-order valence-corrected chi connectivity index (χ2v) is 4.00. The molecule has 0 saturated carbocycles. The van der Waals surface area contributed by atoms with Crippen LogP contribution in [-0.2, 0) is 15.5 Å². The van der Waals surface area contributed by atoms with E-state index in [1.54, 1.807) is 0 Å². The Balaban J connectivity index is 2.96. The molecular weight excluding hydrogens is 190 g/mol. The summed E-state index contributed by atoms with van der Waals surface area (Å²) in [6, 6.07) is 0. The molecule has 0 rings (SSSR count). The van der Waals surface area contributed by atoms with Gasteiger partial charge in [0.1, 0.15) is 0 Å². The van der Waals surface area contributed by atoms with Crippen LogP contribution in [0, 0.1) is 5.92 Å². The highest BCUT2D eigenvalue weighted by molar-refractivity contribution is 7.74. The summed E-state index contributed by atoms with van der Waals surface area (Å²) in [5, 5.41) is 3.23. The molecule has 0 fully saturated rings. The van der Waals surface area contributed by atoms with Crippen LogP contribution in [0.5, 0.6) is 0 Å². The van der Waals surface area contributed by atoms with Crippen LogP contribution in [-0.4, -0.2) is 28.5 Å². The van der Waals surface area contributed by atoms with Crippen molar-refractivity contribution in [2.24, 2.45) is 5.92 Å². The maximum Gasteiger partial charge on any atom is 0.301 e. The molecular formula is C8H19NO3S. The fourth-order valence-electron chi connectivity index (χ4n) is 0.843. The lowest BCUT2D eigenvalue weighted by atomic mass is 10.1. The Hall–Kier alpha value is 0.0300. The van der Waals surface area contributed by atoms with E-state index in [2.05, 4.69) is 23.3 Å². The van der Waals surface area contributed by atoms with Crippen molar-refractivity contribution >= 4 is 11.4 Å². The molecule has 0 aromatic carbocycles. The first-order valence-corrected chi connectivity index (χ1v) is 5.61. The van der Waals surface area contributed by atoms with E-state index in [0.29, 0.717) is 12.5 Å². The van der Waals surface area contributed by atoms with E-state index in [1.807, 2.05) is 0 Å². The highest BCUT2D eigenvalue weighted by Crippen LogP contribution is 1.96. The molecule has 2 N–H and O–H groups in total. The summed E-state index contributed by atoms with van der Waals surface area (Å²) in [6.07, 6.45) is 1.93. The van der Waals surface area contributed by atoms with Crippen LogP contribution in [0.4, 0.5) is 0 Å². The van der Waals surface area contributed by atoms with Crippen molar-refractivity contribution in [1.82, 2.24) is 5.32 Å². The highest BCUT2D eigenvalue weighted by Gasteiger charge is 1.94. The fourth-order valence-corrected chi connectivity index (χ4v) is 1.10. The van der Waals surface area contributed by atoms with Crippen molar-refractivity contribution in [1.29, 1.82) is 0 Å². The average molecular weight is 209 g/mol. The Morgan fingerprint density at radius 1 is 1.46 bits per heavy atom. The summed E-state index contributed by atoms with van der Waals surface area (Å²) in [6.45, 7) is 6.53. The molecule has 0 aliphatic carbocycles. The minimum Gasteiger partial charge on any atom is -0.317 e. The van der Waals surface area contributed by atoms with Gasteiger partial charge in [-0.25, -0.2) is 0 Å². The van der Waals surface area contributed by atoms with Gasteiger partial charge in [-0.05, 0) is 31.8 Å². The van der Waals surface area contributed by atoms with Crippen LogP contribution in [0.2, 0.25) is 0 Å². The zero-order valence-corrected chi connectivity index (χ0v) is 9.10. The summed E-state index contributed by atoms with van der Waals surface area (Å²) in [4.78, 5) is 0. The van der Waals surface area contributed by atoms with Crippen LogP contribution in [0.15, 0.2) is 0 Å². The highest BCUT2D eigenvalue weighted by atomic mass is 32.2. The quantitative estimate of drug-likeness (QED) is 0.465. The Kier molecular flexibility index (Phi) is 8.64. The smallest absolute Gasteiger partial charge is 0.301 e. The predicted octanol–water partition coefficient (Wildman–Crippen LogP) is 1.17. The molecule has 0 spiro atoms. The van der Waals surface area contributed by atoms with Gasteiger partial charge in [0.15, 0.2) is 0 Å². The van der Waals surface area contributed by atoms with Crippen molar-refractivity contribution in [3.63, 3.8) is 0 Å². The van der Waals surface area contributed by atoms with E-state index in [4.69, 9.17) is 4.55 Å². The van der Waals surface area contributed by atoms with Crippen molar-refractivity contribution in [2.45, 2.75) is 26.7 Å². The monoisotopic (exact) mass is 209 g/mol. The van der Waals surface area contributed by atoms with Gasteiger partial charge in [0.2, 0.25) is 0 Å². The van der Waals surface area contributed by atoms with Crippen molar-refractivity contribution < 1.29 is 12.9 Å². The molecule has 0 aromatic heterocycles. The molecule has 0 aliphatic rings. The van der Waals surface area contributed by atoms with Crippen LogP contribution >= 0.6 is 0 Å². The summed E-state index contributed by atoms with van der Waals surface area (Å²) in [5.41, 5.74) is 0. The number of nitrogens with one attached hydrogen (secondary N) is 1. The van der Waals surface area contributed by atoms with E-state index in [0.717, 1.165) is 25.9 Å². The van der Waals surface area contributed by atoms with E-state index in [1.165, 1.54) is 0 Å². The summed E-state index contributed by atoms with van der Waals surface area (Å²) in [7, 11) is 0. The van der Waals surface area contributed by atoms with E-state index < -0.39 is 11.4 Å². The Morgan fingerprint density at radius 2 is 2.15 bits per heavy atom. The van der Waals surface area contributed by atoms with Crippen LogP contribution in [0.25, 0.3) is 0 Å².